The molecular formula is C12H19F2N3O2. The van der Waals surface area contributed by atoms with Crippen LogP contribution in [0.4, 0.5) is 8.78 Å². The smallest absolute Gasteiger partial charge is 0.388 e. The zero-order chi connectivity index (χ0) is 14.3. The lowest BCUT2D eigenvalue weighted by Gasteiger charge is -2.21. The average Bonchev–Trinajstić information content (AvgIpc) is 2.38. The van der Waals surface area contributed by atoms with Crippen molar-refractivity contribution in [2.24, 2.45) is 16.6 Å². The summed E-state index contributed by atoms with van der Waals surface area (Å²) in [6, 6.07) is 0. The Bertz CT molecular complexity index is 364. The van der Waals surface area contributed by atoms with Crippen LogP contribution >= 0.6 is 0 Å². The maximum absolute atomic E-state index is 12.1. The fourth-order valence-electron chi connectivity index (χ4n) is 2.05. The van der Waals surface area contributed by atoms with Gasteiger partial charge < -0.3 is 15.8 Å². The van der Waals surface area contributed by atoms with Crippen molar-refractivity contribution >= 4 is 12.1 Å². The van der Waals surface area contributed by atoms with E-state index in [1.54, 1.807) is 0 Å². The van der Waals surface area contributed by atoms with Crippen molar-refractivity contribution in [1.82, 2.24) is 5.32 Å². The highest BCUT2D eigenvalue weighted by atomic mass is 19.3. The Kier molecular flexibility index (Phi) is 6.24. The highest BCUT2D eigenvalue weighted by Crippen LogP contribution is 2.23. The molecule has 1 aliphatic carbocycles. The van der Waals surface area contributed by atoms with Gasteiger partial charge in [0, 0.05) is 19.2 Å². The van der Waals surface area contributed by atoms with E-state index >= 15 is 0 Å². The molecule has 0 bridgehead atoms. The van der Waals surface area contributed by atoms with E-state index in [0.29, 0.717) is 0 Å². The Hall–Kier alpha value is -1.66. The van der Waals surface area contributed by atoms with Gasteiger partial charge in [-0.05, 0) is 12.8 Å². The number of nitrogens with one attached hydrogen (secondary N) is 1. The van der Waals surface area contributed by atoms with Gasteiger partial charge >= 0.3 is 6.61 Å². The Morgan fingerprint density at radius 3 is 2.58 bits per heavy atom. The van der Waals surface area contributed by atoms with Gasteiger partial charge in [-0.2, -0.15) is 8.78 Å². The first-order valence-corrected chi connectivity index (χ1v) is 6.22. The SMILES string of the molecule is CN=CC(NC(=O)C1CCCCC1)=C(N)OC(F)F. The molecule has 0 atom stereocenters. The number of aliphatic imine (C=N–C) groups is 1. The molecule has 0 heterocycles. The minimum atomic E-state index is -3.04. The van der Waals surface area contributed by atoms with Crippen LogP contribution in [0.5, 0.6) is 0 Å². The standard InChI is InChI=1S/C12H19F2N3O2/c1-16-7-9(10(15)19-12(13)14)17-11(18)8-5-3-2-4-6-8/h7-8,12H,2-6,15H2,1H3,(H,17,18). The number of hydrogen-bond acceptors (Lipinski definition) is 4. The minimum Gasteiger partial charge on any atom is -0.417 e. The van der Waals surface area contributed by atoms with Crippen LogP contribution in [0.2, 0.25) is 0 Å². The van der Waals surface area contributed by atoms with Crippen molar-refractivity contribution in [3.05, 3.63) is 11.6 Å². The lowest BCUT2D eigenvalue weighted by Crippen LogP contribution is -2.34. The molecule has 19 heavy (non-hydrogen) atoms. The van der Waals surface area contributed by atoms with Gasteiger partial charge in [0.25, 0.3) is 0 Å². The second-order valence-electron chi connectivity index (χ2n) is 4.37. The molecule has 7 heteroatoms. The summed E-state index contributed by atoms with van der Waals surface area (Å²) in [5.74, 6) is -0.867. The predicted molar refractivity (Wildman–Crippen MR) is 67.4 cm³/mol. The molecule has 0 radical (unpaired) electrons. The van der Waals surface area contributed by atoms with E-state index in [0.717, 1.165) is 32.1 Å². The summed E-state index contributed by atoms with van der Waals surface area (Å²) < 4.78 is 28.2. The largest absolute Gasteiger partial charge is 0.417 e. The molecular weight excluding hydrogens is 256 g/mol. The number of halogens is 2. The minimum absolute atomic E-state index is 0.0293. The molecule has 1 saturated carbocycles. The van der Waals surface area contributed by atoms with E-state index in [2.05, 4.69) is 15.0 Å². The lowest BCUT2D eigenvalue weighted by atomic mass is 9.88. The van der Waals surface area contributed by atoms with Crippen LogP contribution in [0.15, 0.2) is 16.6 Å². The van der Waals surface area contributed by atoms with E-state index in [9.17, 15) is 13.6 Å². The summed E-state index contributed by atoms with van der Waals surface area (Å²) in [4.78, 5) is 15.6. The predicted octanol–water partition coefficient (Wildman–Crippen LogP) is 1.75. The molecule has 0 aromatic carbocycles. The molecule has 0 saturated heterocycles. The molecule has 0 aromatic rings. The third-order valence-corrected chi connectivity index (χ3v) is 2.97. The maximum atomic E-state index is 12.1. The summed E-state index contributed by atoms with van der Waals surface area (Å²) in [7, 11) is 1.45. The highest BCUT2D eigenvalue weighted by molar-refractivity contribution is 5.89. The average molecular weight is 275 g/mol. The van der Waals surface area contributed by atoms with E-state index in [1.165, 1.54) is 13.3 Å². The Balaban J connectivity index is 2.69. The normalized spacial score (nSPS) is 18.5. The fourth-order valence-corrected chi connectivity index (χ4v) is 2.05. The molecule has 1 rings (SSSR count). The van der Waals surface area contributed by atoms with E-state index < -0.39 is 12.5 Å². The lowest BCUT2D eigenvalue weighted by molar-refractivity contribution is -0.125. The molecule has 0 unspecified atom stereocenters. The summed E-state index contributed by atoms with van der Waals surface area (Å²) in [6.07, 6.45) is 5.93. The number of nitrogens with zero attached hydrogens (tertiary/aromatic N) is 1. The number of carbonyl (C=O) groups is 1. The number of ether oxygens (including phenoxy) is 1. The fraction of sp³-hybridized carbons (Fsp3) is 0.667. The van der Waals surface area contributed by atoms with Crippen molar-refractivity contribution < 1.29 is 18.3 Å². The van der Waals surface area contributed by atoms with Gasteiger partial charge in [0.05, 0.1) is 0 Å². The summed E-state index contributed by atoms with van der Waals surface area (Å²) in [5, 5.41) is 2.50. The van der Waals surface area contributed by atoms with Crippen LogP contribution in [0, 0.1) is 5.92 Å². The molecule has 5 nitrogen and oxygen atoms in total. The molecule has 1 amide bonds. The second kappa shape index (κ2) is 7.70. The molecule has 0 spiro atoms. The third kappa shape index (κ3) is 5.23. The number of amides is 1. The first-order chi connectivity index (χ1) is 9.04. The van der Waals surface area contributed by atoms with Gasteiger partial charge in [0.2, 0.25) is 11.8 Å². The van der Waals surface area contributed by atoms with Gasteiger partial charge in [0.15, 0.2) is 0 Å². The highest BCUT2D eigenvalue weighted by Gasteiger charge is 2.22. The topological polar surface area (TPSA) is 76.7 Å². The number of allylic oxidation sites excluding steroid dienone is 1. The number of nitrogens with two attached hydrogens (primary N) is 1. The Morgan fingerprint density at radius 2 is 2.05 bits per heavy atom. The van der Waals surface area contributed by atoms with Crippen LogP contribution in [0.3, 0.4) is 0 Å². The van der Waals surface area contributed by atoms with Crippen LogP contribution in [0.25, 0.3) is 0 Å². The zero-order valence-electron chi connectivity index (χ0n) is 10.9. The van der Waals surface area contributed by atoms with Crippen molar-refractivity contribution in [2.45, 2.75) is 38.7 Å². The van der Waals surface area contributed by atoms with Gasteiger partial charge in [-0.3, -0.25) is 9.79 Å². The van der Waals surface area contributed by atoms with Gasteiger partial charge in [0.1, 0.15) is 5.70 Å². The number of hydrogen-bond donors (Lipinski definition) is 2. The first kappa shape index (κ1) is 15.4. The van der Waals surface area contributed by atoms with Gasteiger partial charge in [-0.25, -0.2) is 0 Å². The zero-order valence-corrected chi connectivity index (χ0v) is 10.9. The van der Waals surface area contributed by atoms with Crippen molar-refractivity contribution in [1.29, 1.82) is 0 Å². The molecule has 0 aliphatic heterocycles. The van der Waals surface area contributed by atoms with Crippen molar-refractivity contribution in [3.63, 3.8) is 0 Å². The summed E-state index contributed by atoms with van der Waals surface area (Å²) in [5.41, 5.74) is 5.32. The molecule has 3 N–H and O–H groups in total. The number of alkyl halides is 2. The van der Waals surface area contributed by atoms with Crippen LogP contribution in [0.1, 0.15) is 32.1 Å². The second-order valence-corrected chi connectivity index (χ2v) is 4.37. The quantitative estimate of drug-likeness (QED) is 0.593. The maximum Gasteiger partial charge on any atom is 0.388 e. The number of rotatable bonds is 5. The summed E-state index contributed by atoms with van der Waals surface area (Å²) in [6.45, 7) is -3.04. The van der Waals surface area contributed by atoms with Gasteiger partial charge in [-0.15, -0.1) is 0 Å². The van der Waals surface area contributed by atoms with E-state index in [1.807, 2.05) is 0 Å². The third-order valence-electron chi connectivity index (χ3n) is 2.97. The van der Waals surface area contributed by atoms with Crippen LogP contribution < -0.4 is 11.1 Å². The Morgan fingerprint density at radius 1 is 1.42 bits per heavy atom. The van der Waals surface area contributed by atoms with Crippen LogP contribution in [-0.4, -0.2) is 25.8 Å². The van der Waals surface area contributed by atoms with E-state index in [4.69, 9.17) is 5.73 Å². The Labute approximate surface area is 110 Å². The number of carbonyl (C=O) groups excluding carboxylic acids is 1. The van der Waals surface area contributed by atoms with Crippen LogP contribution in [-0.2, 0) is 9.53 Å². The molecule has 1 fully saturated rings. The first-order valence-electron chi connectivity index (χ1n) is 6.22. The van der Waals surface area contributed by atoms with E-state index in [-0.39, 0.29) is 17.5 Å². The molecule has 0 aromatic heterocycles. The molecule has 108 valence electrons. The summed E-state index contributed by atoms with van der Waals surface area (Å²) >= 11 is 0. The molecule has 1 aliphatic rings. The van der Waals surface area contributed by atoms with Crippen molar-refractivity contribution in [3.8, 4) is 0 Å². The monoisotopic (exact) mass is 275 g/mol. The van der Waals surface area contributed by atoms with Crippen molar-refractivity contribution in [2.75, 3.05) is 7.05 Å². The van der Waals surface area contributed by atoms with Gasteiger partial charge in [-0.1, -0.05) is 19.3 Å².